The monoisotopic (exact) mass is 523 g/mol. The maximum atomic E-state index is 12.9. The van der Waals surface area contributed by atoms with Gasteiger partial charge in [-0.15, -0.1) is 11.8 Å². The highest BCUT2D eigenvalue weighted by Crippen LogP contribution is 2.39. The molecule has 1 aliphatic carbocycles. The molecule has 2 aliphatic rings. The van der Waals surface area contributed by atoms with Crippen LogP contribution in [0, 0.1) is 0 Å². The van der Waals surface area contributed by atoms with Crippen molar-refractivity contribution in [1.29, 1.82) is 0 Å². The number of hydrogen-bond acceptors (Lipinski definition) is 6. The molecule has 1 heterocycles. The van der Waals surface area contributed by atoms with Gasteiger partial charge in [0.2, 0.25) is 0 Å². The number of fused-ring (bicyclic) bond motifs is 2. The summed E-state index contributed by atoms with van der Waals surface area (Å²) in [5.74, 6) is 0.291. The van der Waals surface area contributed by atoms with Crippen LogP contribution in [0.1, 0.15) is 27.1 Å². The Kier molecular flexibility index (Phi) is 8.43. The molecule has 4 rings (SSSR count). The molecule has 2 unspecified atom stereocenters. The molecule has 0 saturated carbocycles. The number of aliphatic imine (C=N–C) groups is 1. The van der Waals surface area contributed by atoms with Crippen LogP contribution < -0.4 is 10.6 Å². The average molecular weight is 524 g/mol. The van der Waals surface area contributed by atoms with Crippen molar-refractivity contribution in [2.24, 2.45) is 4.99 Å². The third-order valence-electron chi connectivity index (χ3n) is 5.49. The number of carbonyl (C=O) groups is 2. The number of benzene rings is 2. The van der Waals surface area contributed by atoms with Gasteiger partial charge in [-0.1, -0.05) is 42.1 Å². The van der Waals surface area contributed by atoms with Crippen LogP contribution in [0.15, 0.2) is 92.2 Å². The van der Waals surface area contributed by atoms with Gasteiger partial charge < -0.3 is 10.6 Å². The molecule has 0 bridgehead atoms. The second-order valence-electron chi connectivity index (χ2n) is 7.92. The van der Waals surface area contributed by atoms with E-state index in [4.69, 9.17) is 0 Å². The number of carbonyl (C=O) groups excluding carboxylic acids is 2. The standard InChI is InChI=1S/C26H25N3O3S3/c1-27-14-19(33-16-17-7-10-20(11-8-17)35(2)32)15-28-25(30)18-9-12-24-22(13-18)29-26(31)21-5-3-4-6-23(21)34-24/h3-10,12-14,20H,1,11,15-16H2,2H3,(H,28,30)(H,29,31)/b19-14-. The topological polar surface area (TPSA) is 87.6 Å². The van der Waals surface area contributed by atoms with E-state index in [2.05, 4.69) is 28.4 Å². The van der Waals surface area contributed by atoms with Crippen LogP contribution in [0.5, 0.6) is 0 Å². The quantitative estimate of drug-likeness (QED) is 0.473. The maximum Gasteiger partial charge on any atom is 0.256 e. The van der Waals surface area contributed by atoms with Gasteiger partial charge in [0.05, 0.1) is 23.0 Å². The van der Waals surface area contributed by atoms with E-state index in [9.17, 15) is 13.8 Å². The zero-order chi connectivity index (χ0) is 24.8. The highest BCUT2D eigenvalue weighted by Gasteiger charge is 2.21. The van der Waals surface area contributed by atoms with Crippen molar-refractivity contribution in [1.82, 2.24) is 5.32 Å². The number of nitrogens with one attached hydrogen (secondary N) is 2. The first-order chi connectivity index (χ1) is 16.9. The van der Waals surface area contributed by atoms with Gasteiger partial charge in [-0.05, 0) is 49.0 Å². The van der Waals surface area contributed by atoms with Crippen LogP contribution in [0.2, 0.25) is 0 Å². The van der Waals surface area contributed by atoms with Gasteiger partial charge in [-0.2, -0.15) is 0 Å². The molecule has 0 fully saturated rings. The van der Waals surface area contributed by atoms with Crippen molar-refractivity contribution in [3.8, 4) is 0 Å². The smallest absolute Gasteiger partial charge is 0.256 e. The van der Waals surface area contributed by atoms with Gasteiger partial charge in [-0.25, -0.2) is 0 Å². The summed E-state index contributed by atoms with van der Waals surface area (Å²) in [4.78, 5) is 32.0. The first-order valence-corrected chi connectivity index (χ1v) is 14.3. The Morgan fingerprint density at radius 1 is 1.31 bits per heavy atom. The first kappa shape index (κ1) is 25.2. The minimum Gasteiger partial charge on any atom is -0.347 e. The SMILES string of the molecule is C=N/C=C(/CNC(=O)c1ccc2c(c1)NC(=O)c1ccccc1S2)SCC1=CCC(S(C)=O)C=C1. The van der Waals surface area contributed by atoms with Crippen LogP contribution in [0.3, 0.4) is 0 Å². The molecule has 0 radical (unpaired) electrons. The number of hydrogen-bond donors (Lipinski definition) is 2. The molecule has 2 aromatic rings. The Bertz CT molecular complexity index is 1280. The summed E-state index contributed by atoms with van der Waals surface area (Å²) in [5, 5.41) is 5.92. The van der Waals surface area contributed by atoms with Crippen molar-refractivity contribution >= 4 is 58.5 Å². The summed E-state index contributed by atoms with van der Waals surface area (Å²) in [6, 6.07) is 12.8. The van der Waals surface area contributed by atoms with Crippen LogP contribution in [0.4, 0.5) is 5.69 Å². The molecule has 2 N–H and O–H groups in total. The first-order valence-electron chi connectivity index (χ1n) is 10.9. The molecule has 0 spiro atoms. The van der Waals surface area contributed by atoms with E-state index in [1.165, 1.54) is 11.8 Å². The Morgan fingerprint density at radius 3 is 2.89 bits per heavy atom. The molecule has 9 heteroatoms. The highest BCUT2D eigenvalue weighted by atomic mass is 32.2. The van der Waals surface area contributed by atoms with Crippen molar-refractivity contribution < 1.29 is 13.8 Å². The minimum absolute atomic E-state index is 0.0751. The molecule has 0 aromatic heterocycles. The molecular formula is C26H25N3O3S3. The van der Waals surface area contributed by atoms with E-state index in [1.54, 1.807) is 42.4 Å². The molecule has 6 nitrogen and oxygen atoms in total. The zero-order valence-electron chi connectivity index (χ0n) is 19.2. The summed E-state index contributed by atoms with van der Waals surface area (Å²) < 4.78 is 11.6. The Hall–Kier alpha value is -2.88. The van der Waals surface area contributed by atoms with E-state index in [1.807, 2.05) is 36.4 Å². The molecular weight excluding hydrogens is 499 g/mol. The lowest BCUT2D eigenvalue weighted by atomic mass is 10.1. The summed E-state index contributed by atoms with van der Waals surface area (Å²) in [7, 11) is -0.868. The largest absolute Gasteiger partial charge is 0.347 e. The van der Waals surface area contributed by atoms with Crippen molar-refractivity contribution in [2.75, 3.05) is 23.9 Å². The fourth-order valence-electron chi connectivity index (χ4n) is 3.59. The van der Waals surface area contributed by atoms with Crippen LogP contribution in [-0.2, 0) is 10.8 Å². The third kappa shape index (κ3) is 6.42. The number of nitrogens with zero attached hydrogens (tertiary/aromatic N) is 1. The molecule has 0 saturated heterocycles. The summed E-state index contributed by atoms with van der Waals surface area (Å²) in [6.45, 7) is 3.84. The molecule has 2 amide bonds. The normalized spacial score (nSPS) is 17.9. The van der Waals surface area contributed by atoms with E-state index in [-0.39, 0.29) is 17.1 Å². The van der Waals surface area contributed by atoms with Crippen LogP contribution in [0.25, 0.3) is 0 Å². The van der Waals surface area contributed by atoms with Gasteiger partial charge in [0.25, 0.3) is 11.8 Å². The minimum atomic E-state index is -0.868. The molecule has 2 aromatic carbocycles. The Morgan fingerprint density at radius 2 is 2.14 bits per heavy atom. The predicted octanol–water partition coefficient (Wildman–Crippen LogP) is 5.04. The second-order valence-corrected chi connectivity index (χ2v) is 11.7. The number of anilines is 1. The van der Waals surface area contributed by atoms with Crippen molar-refractivity contribution in [2.45, 2.75) is 21.5 Å². The van der Waals surface area contributed by atoms with Gasteiger partial charge in [0, 0.05) is 49.3 Å². The van der Waals surface area contributed by atoms with Gasteiger partial charge in [-0.3, -0.25) is 18.8 Å². The lowest BCUT2D eigenvalue weighted by Gasteiger charge is -2.15. The second kappa shape index (κ2) is 11.7. The Labute approximate surface area is 215 Å². The highest BCUT2D eigenvalue weighted by molar-refractivity contribution is 8.03. The molecule has 2 atom stereocenters. The summed E-state index contributed by atoms with van der Waals surface area (Å²) in [6.07, 6.45) is 10.3. The van der Waals surface area contributed by atoms with Gasteiger partial charge in [0.15, 0.2) is 0 Å². The summed E-state index contributed by atoms with van der Waals surface area (Å²) in [5.41, 5.74) is 2.84. The molecule has 1 aliphatic heterocycles. The zero-order valence-corrected chi connectivity index (χ0v) is 21.6. The predicted molar refractivity (Wildman–Crippen MR) is 147 cm³/mol. The number of allylic oxidation sites excluding steroid dienone is 2. The number of amides is 2. The van der Waals surface area contributed by atoms with Gasteiger partial charge >= 0.3 is 0 Å². The van der Waals surface area contributed by atoms with Crippen LogP contribution >= 0.6 is 23.5 Å². The average Bonchev–Trinajstić information content (AvgIpc) is 3.01. The fraction of sp³-hybridized carbons (Fsp3) is 0.192. The summed E-state index contributed by atoms with van der Waals surface area (Å²) >= 11 is 3.07. The maximum absolute atomic E-state index is 12.9. The van der Waals surface area contributed by atoms with E-state index in [0.29, 0.717) is 23.4 Å². The molecule has 35 heavy (non-hydrogen) atoms. The lowest BCUT2D eigenvalue weighted by molar-refractivity contribution is 0.0956. The Balaban J connectivity index is 1.37. The molecule has 180 valence electrons. The van der Waals surface area contributed by atoms with Crippen molar-refractivity contribution in [3.05, 3.63) is 88.5 Å². The van der Waals surface area contributed by atoms with E-state index in [0.717, 1.165) is 32.4 Å². The fourth-order valence-corrected chi connectivity index (χ4v) is 6.16. The number of rotatable bonds is 8. The van der Waals surface area contributed by atoms with E-state index >= 15 is 0 Å². The third-order valence-corrected chi connectivity index (χ3v) is 8.94. The number of thioether (sulfide) groups is 1. The van der Waals surface area contributed by atoms with Crippen LogP contribution in [-0.4, -0.2) is 46.5 Å². The lowest BCUT2D eigenvalue weighted by Crippen LogP contribution is -2.25. The van der Waals surface area contributed by atoms with E-state index < -0.39 is 10.8 Å². The van der Waals surface area contributed by atoms with Gasteiger partial charge in [0.1, 0.15) is 0 Å². The van der Waals surface area contributed by atoms with Crippen molar-refractivity contribution in [3.63, 3.8) is 0 Å².